The van der Waals surface area contributed by atoms with Gasteiger partial charge in [0.1, 0.15) is 17.3 Å². The Balaban J connectivity index is 1.73. The van der Waals surface area contributed by atoms with Crippen LogP contribution in [0.3, 0.4) is 0 Å². The standard InChI is InChI=1S/C18H20ClFN2O2/c1-2-4-14-11-16(21-24-14)17-5-3-8-22(17)18(23)9-12-6-7-13(20)10-15(12)19/h6-7,10-11,17H,2-5,8-9H2,1H3/t17-/m1/s1. The summed E-state index contributed by atoms with van der Waals surface area (Å²) in [5, 5.41) is 4.42. The minimum Gasteiger partial charge on any atom is -0.361 e. The number of hydrogen-bond acceptors (Lipinski definition) is 3. The first-order valence-electron chi connectivity index (χ1n) is 8.27. The number of aryl methyl sites for hydroxylation is 1. The fraction of sp³-hybridized carbons (Fsp3) is 0.444. The van der Waals surface area contributed by atoms with Crippen molar-refractivity contribution < 1.29 is 13.7 Å². The molecule has 1 aromatic heterocycles. The van der Waals surface area contributed by atoms with E-state index in [2.05, 4.69) is 12.1 Å². The van der Waals surface area contributed by atoms with Crippen LogP contribution in [-0.2, 0) is 17.6 Å². The third-order valence-electron chi connectivity index (χ3n) is 4.34. The summed E-state index contributed by atoms with van der Waals surface area (Å²) in [6, 6.07) is 6.03. The molecule has 2 heterocycles. The summed E-state index contributed by atoms with van der Waals surface area (Å²) in [6.45, 7) is 2.78. The zero-order valence-corrected chi connectivity index (χ0v) is 14.4. The van der Waals surface area contributed by atoms with E-state index in [0.29, 0.717) is 12.1 Å². The third kappa shape index (κ3) is 3.61. The van der Waals surface area contributed by atoms with Gasteiger partial charge in [-0.3, -0.25) is 4.79 Å². The highest BCUT2D eigenvalue weighted by atomic mass is 35.5. The van der Waals surface area contributed by atoms with Crippen molar-refractivity contribution in [1.29, 1.82) is 0 Å². The smallest absolute Gasteiger partial charge is 0.227 e. The molecule has 0 aliphatic carbocycles. The first-order chi connectivity index (χ1) is 11.6. The third-order valence-corrected chi connectivity index (χ3v) is 4.70. The van der Waals surface area contributed by atoms with Crippen LogP contribution in [0.25, 0.3) is 0 Å². The molecule has 128 valence electrons. The van der Waals surface area contributed by atoms with Crippen LogP contribution in [0.1, 0.15) is 49.2 Å². The Bertz CT molecular complexity index is 732. The molecule has 1 aromatic carbocycles. The molecule has 0 N–H and O–H groups in total. The van der Waals surface area contributed by atoms with Crippen molar-refractivity contribution in [2.75, 3.05) is 6.54 Å². The molecule has 2 aromatic rings. The van der Waals surface area contributed by atoms with Crippen LogP contribution in [0.5, 0.6) is 0 Å². The van der Waals surface area contributed by atoms with E-state index in [1.807, 2.05) is 11.0 Å². The van der Waals surface area contributed by atoms with E-state index in [9.17, 15) is 9.18 Å². The Kier molecular flexibility index (Phi) is 5.19. The molecule has 1 amide bonds. The monoisotopic (exact) mass is 350 g/mol. The van der Waals surface area contributed by atoms with Crippen molar-refractivity contribution in [2.24, 2.45) is 0 Å². The van der Waals surface area contributed by atoms with Gasteiger partial charge in [-0.2, -0.15) is 0 Å². The van der Waals surface area contributed by atoms with Gasteiger partial charge in [0.25, 0.3) is 0 Å². The van der Waals surface area contributed by atoms with E-state index in [0.717, 1.165) is 37.1 Å². The van der Waals surface area contributed by atoms with Crippen molar-refractivity contribution >= 4 is 17.5 Å². The maximum absolute atomic E-state index is 13.1. The summed E-state index contributed by atoms with van der Waals surface area (Å²) in [7, 11) is 0. The lowest BCUT2D eigenvalue weighted by atomic mass is 10.1. The van der Waals surface area contributed by atoms with Crippen LogP contribution in [0.15, 0.2) is 28.8 Å². The quantitative estimate of drug-likeness (QED) is 0.806. The van der Waals surface area contributed by atoms with E-state index in [1.54, 1.807) is 6.07 Å². The number of halogens is 2. The molecule has 0 radical (unpaired) electrons. The van der Waals surface area contributed by atoms with Gasteiger partial charge >= 0.3 is 0 Å². The lowest BCUT2D eigenvalue weighted by molar-refractivity contribution is -0.131. The average molecular weight is 351 g/mol. The largest absolute Gasteiger partial charge is 0.361 e. The molecule has 6 heteroatoms. The van der Waals surface area contributed by atoms with Crippen molar-refractivity contribution in [2.45, 2.75) is 45.1 Å². The second-order valence-corrected chi connectivity index (χ2v) is 6.53. The Morgan fingerprint density at radius 3 is 3.04 bits per heavy atom. The number of nitrogens with zero attached hydrogens (tertiary/aromatic N) is 2. The molecule has 1 saturated heterocycles. The number of likely N-dealkylation sites (tertiary alicyclic amines) is 1. The van der Waals surface area contributed by atoms with E-state index >= 15 is 0 Å². The van der Waals surface area contributed by atoms with E-state index in [1.165, 1.54) is 12.1 Å². The van der Waals surface area contributed by atoms with Gasteiger partial charge < -0.3 is 9.42 Å². The number of benzene rings is 1. The lowest BCUT2D eigenvalue weighted by Gasteiger charge is -2.23. The van der Waals surface area contributed by atoms with Gasteiger partial charge in [-0.05, 0) is 37.0 Å². The molecule has 4 nitrogen and oxygen atoms in total. The highest BCUT2D eigenvalue weighted by Crippen LogP contribution is 2.32. The minimum absolute atomic E-state index is 0.0222. The molecule has 3 rings (SSSR count). The number of hydrogen-bond donors (Lipinski definition) is 0. The minimum atomic E-state index is -0.402. The molecule has 0 unspecified atom stereocenters. The van der Waals surface area contributed by atoms with Gasteiger partial charge in [0.05, 0.1) is 12.5 Å². The van der Waals surface area contributed by atoms with Gasteiger partial charge in [-0.25, -0.2) is 4.39 Å². The van der Waals surface area contributed by atoms with Gasteiger partial charge in [0, 0.05) is 24.1 Å². The fourth-order valence-electron chi connectivity index (χ4n) is 3.15. The number of aromatic nitrogens is 1. The highest BCUT2D eigenvalue weighted by molar-refractivity contribution is 6.31. The lowest BCUT2D eigenvalue weighted by Crippen LogP contribution is -2.32. The molecule has 0 spiro atoms. The predicted octanol–water partition coefficient (Wildman–Crippen LogP) is 4.33. The van der Waals surface area contributed by atoms with Gasteiger partial charge in [0.15, 0.2) is 0 Å². The van der Waals surface area contributed by atoms with Crippen LogP contribution < -0.4 is 0 Å². The van der Waals surface area contributed by atoms with Gasteiger partial charge in [-0.15, -0.1) is 0 Å². The fourth-order valence-corrected chi connectivity index (χ4v) is 3.39. The number of carbonyl (C=O) groups excluding carboxylic acids is 1. The van der Waals surface area contributed by atoms with Crippen molar-refractivity contribution in [3.8, 4) is 0 Å². The van der Waals surface area contributed by atoms with Crippen LogP contribution >= 0.6 is 11.6 Å². The SMILES string of the molecule is CCCc1cc([C@H]2CCCN2C(=O)Cc2ccc(F)cc2Cl)no1. The second-order valence-electron chi connectivity index (χ2n) is 6.13. The summed E-state index contributed by atoms with van der Waals surface area (Å²) in [5.74, 6) is 0.431. The number of amides is 1. The highest BCUT2D eigenvalue weighted by Gasteiger charge is 2.32. The first kappa shape index (κ1) is 17.0. The molecule has 24 heavy (non-hydrogen) atoms. The van der Waals surface area contributed by atoms with Crippen LogP contribution in [0.4, 0.5) is 4.39 Å². The summed E-state index contributed by atoms with van der Waals surface area (Å²) in [5.41, 5.74) is 1.45. The molecule has 1 atom stereocenters. The Labute approximate surface area is 145 Å². The Morgan fingerprint density at radius 2 is 2.29 bits per heavy atom. The molecule has 0 bridgehead atoms. The second kappa shape index (κ2) is 7.34. The molecule has 0 saturated carbocycles. The summed E-state index contributed by atoms with van der Waals surface area (Å²) in [6.07, 6.45) is 3.81. The maximum Gasteiger partial charge on any atom is 0.227 e. The molecule has 1 fully saturated rings. The Morgan fingerprint density at radius 1 is 1.46 bits per heavy atom. The maximum atomic E-state index is 13.1. The van der Waals surface area contributed by atoms with Gasteiger partial charge in [0.2, 0.25) is 5.91 Å². The normalized spacial score (nSPS) is 17.5. The molecular formula is C18H20ClFN2O2. The van der Waals surface area contributed by atoms with Crippen molar-refractivity contribution in [1.82, 2.24) is 10.1 Å². The molecule has 1 aliphatic rings. The van der Waals surface area contributed by atoms with Crippen molar-refractivity contribution in [3.05, 3.63) is 52.1 Å². The predicted molar refractivity (Wildman–Crippen MR) is 89.3 cm³/mol. The van der Waals surface area contributed by atoms with Crippen LogP contribution in [0, 0.1) is 5.82 Å². The first-order valence-corrected chi connectivity index (χ1v) is 8.65. The average Bonchev–Trinajstić information content (AvgIpc) is 3.19. The van der Waals surface area contributed by atoms with E-state index < -0.39 is 5.82 Å². The van der Waals surface area contributed by atoms with Crippen LogP contribution in [-0.4, -0.2) is 22.5 Å². The number of carbonyl (C=O) groups is 1. The molecular weight excluding hydrogens is 331 g/mol. The van der Waals surface area contributed by atoms with E-state index in [-0.39, 0.29) is 23.4 Å². The van der Waals surface area contributed by atoms with E-state index in [4.69, 9.17) is 16.1 Å². The topological polar surface area (TPSA) is 46.3 Å². The zero-order valence-electron chi connectivity index (χ0n) is 13.6. The van der Waals surface area contributed by atoms with Crippen LogP contribution in [0.2, 0.25) is 5.02 Å². The summed E-state index contributed by atoms with van der Waals surface area (Å²) >= 11 is 6.03. The summed E-state index contributed by atoms with van der Waals surface area (Å²) in [4.78, 5) is 14.5. The zero-order chi connectivity index (χ0) is 17.1. The summed E-state index contributed by atoms with van der Waals surface area (Å²) < 4.78 is 18.5. The Hall–Kier alpha value is -1.88. The number of rotatable bonds is 5. The van der Waals surface area contributed by atoms with Crippen molar-refractivity contribution in [3.63, 3.8) is 0 Å². The van der Waals surface area contributed by atoms with Gasteiger partial charge in [-0.1, -0.05) is 29.7 Å². The molecule has 1 aliphatic heterocycles.